The highest BCUT2D eigenvalue weighted by Gasteiger charge is 2.23. The van der Waals surface area contributed by atoms with E-state index in [1.54, 1.807) is 0 Å². The van der Waals surface area contributed by atoms with E-state index in [9.17, 15) is 0 Å². The zero-order valence-corrected chi connectivity index (χ0v) is 13.6. The van der Waals surface area contributed by atoms with Gasteiger partial charge in [-0.05, 0) is 43.2 Å². The molecule has 1 aliphatic heterocycles. The molecular weight excluding hydrogens is 278 g/mol. The molecule has 1 aliphatic rings. The average Bonchev–Trinajstić information content (AvgIpc) is 2.94. The van der Waals surface area contributed by atoms with Crippen molar-refractivity contribution in [1.82, 2.24) is 5.32 Å². The highest BCUT2D eigenvalue weighted by Crippen LogP contribution is 2.36. The van der Waals surface area contributed by atoms with Gasteiger partial charge < -0.3 is 10.1 Å². The summed E-state index contributed by atoms with van der Waals surface area (Å²) in [5, 5.41) is 6.02. The first-order valence-electron chi connectivity index (χ1n) is 7.81. The summed E-state index contributed by atoms with van der Waals surface area (Å²) >= 11 is 1.84. The lowest BCUT2D eigenvalue weighted by atomic mass is 9.98. The molecule has 1 aromatic heterocycles. The summed E-state index contributed by atoms with van der Waals surface area (Å²) < 4.78 is 5.98. The molecule has 0 aliphatic carbocycles. The van der Waals surface area contributed by atoms with Crippen LogP contribution in [0.15, 0.2) is 35.7 Å². The topological polar surface area (TPSA) is 21.3 Å². The molecule has 0 spiro atoms. The van der Waals surface area contributed by atoms with Gasteiger partial charge in [-0.2, -0.15) is 0 Å². The molecule has 2 heterocycles. The Kier molecular flexibility index (Phi) is 4.61. The van der Waals surface area contributed by atoms with E-state index in [4.69, 9.17) is 4.74 Å². The van der Waals surface area contributed by atoms with E-state index < -0.39 is 0 Å². The largest absolute Gasteiger partial charge is 0.493 e. The van der Waals surface area contributed by atoms with Crippen LogP contribution in [-0.2, 0) is 0 Å². The Balaban J connectivity index is 1.87. The minimum Gasteiger partial charge on any atom is -0.493 e. The van der Waals surface area contributed by atoms with Gasteiger partial charge in [0.15, 0.2) is 0 Å². The summed E-state index contributed by atoms with van der Waals surface area (Å²) in [6.07, 6.45) is 3.35. The maximum atomic E-state index is 5.98. The number of rotatable bonds is 4. The summed E-state index contributed by atoms with van der Waals surface area (Å²) in [6.45, 7) is 5.21. The number of para-hydroxylation sites is 1. The first-order chi connectivity index (χ1) is 10.3. The SMILES string of the molecule is CCC(NC1CCCOc2c(C)cccc21)c1cccs1. The van der Waals surface area contributed by atoms with Crippen LogP contribution in [0.3, 0.4) is 0 Å². The monoisotopic (exact) mass is 301 g/mol. The molecule has 0 saturated heterocycles. The lowest BCUT2D eigenvalue weighted by molar-refractivity contribution is 0.312. The highest BCUT2D eigenvalue weighted by molar-refractivity contribution is 7.10. The average molecular weight is 301 g/mol. The molecule has 3 rings (SSSR count). The van der Waals surface area contributed by atoms with E-state index in [1.165, 1.54) is 16.0 Å². The maximum Gasteiger partial charge on any atom is 0.126 e. The van der Waals surface area contributed by atoms with Gasteiger partial charge in [0.2, 0.25) is 0 Å². The quantitative estimate of drug-likeness (QED) is 0.857. The zero-order valence-electron chi connectivity index (χ0n) is 12.8. The standard InChI is InChI=1S/C18H23NOS/c1-3-15(17-10-6-12-21-17)19-16-9-5-11-20-18-13(2)7-4-8-14(16)18/h4,6-8,10,12,15-16,19H,3,5,9,11H2,1-2H3. The first-order valence-corrected chi connectivity index (χ1v) is 8.69. The van der Waals surface area contributed by atoms with Crippen LogP contribution >= 0.6 is 11.3 Å². The van der Waals surface area contributed by atoms with Crippen LogP contribution in [0.2, 0.25) is 0 Å². The van der Waals surface area contributed by atoms with Gasteiger partial charge in [-0.25, -0.2) is 0 Å². The van der Waals surface area contributed by atoms with Crippen molar-refractivity contribution < 1.29 is 4.74 Å². The molecule has 1 aromatic carbocycles. The summed E-state index contributed by atoms with van der Waals surface area (Å²) in [4.78, 5) is 1.43. The van der Waals surface area contributed by atoms with Crippen molar-refractivity contribution >= 4 is 11.3 Å². The number of hydrogen-bond acceptors (Lipinski definition) is 3. The van der Waals surface area contributed by atoms with Crippen molar-refractivity contribution in [3.05, 3.63) is 51.7 Å². The number of fused-ring (bicyclic) bond motifs is 1. The molecule has 0 fully saturated rings. The van der Waals surface area contributed by atoms with Crippen LogP contribution in [0.25, 0.3) is 0 Å². The predicted octanol–water partition coefficient (Wildman–Crippen LogP) is 5.01. The first kappa shape index (κ1) is 14.6. The normalized spacial score (nSPS) is 19.4. The Morgan fingerprint density at radius 2 is 2.24 bits per heavy atom. The molecule has 0 saturated carbocycles. The van der Waals surface area contributed by atoms with Crippen LogP contribution in [-0.4, -0.2) is 6.61 Å². The number of nitrogens with one attached hydrogen (secondary N) is 1. The fourth-order valence-corrected chi connectivity index (χ4v) is 3.94. The summed E-state index contributed by atoms with van der Waals surface area (Å²) in [7, 11) is 0. The molecule has 3 heteroatoms. The Hall–Kier alpha value is -1.32. The van der Waals surface area contributed by atoms with Gasteiger partial charge in [0.1, 0.15) is 5.75 Å². The molecule has 0 bridgehead atoms. The van der Waals surface area contributed by atoms with E-state index in [2.05, 4.69) is 54.9 Å². The van der Waals surface area contributed by atoms with Crippen LogP contribution in [0.1, 0.15) is 54.3 Å². The van der Waals surface area contributed by atoms with E-state index in [-0.39, 0.29) is 0 Å². The van der Waals surface area contributed by atoms with E-state index in [0.29, 0.717) is 12.1 Å². The van der Waals surface area contributed by atoms with Crippen molar-refractivity contribution in [3.63, 3.8) is 0 Å². The smallest absolute Gasteiger partial charge is 0.126 e. The van der Waals surface area contributed by atoms with Crippen LogP contribution in [0.5, 0.6) is 5.75 Å². The van der Waals surface area contributed by atoms with Crippen molar-refractivity contribution in [2.24, 2.45) is 0 Å². The van der Waals surface area contributed by atoms with E-state index in [0.717, 1.165) is 31.6 Å². The molecule has 2 atom stereocenters. The number of hydrogen-bond donors (Lipinski definition) is 1. The lowest BCUT2D eigenvalue weighted by Gasteiger charge is -2.25. The second-order valence-electron chi connectivity index (χ2n) is 5.68. The zero-order chi connectivity index (χ0) is 14.7. The number of benzene rings is 1. The molecule has 0 radical (unpaired) electrons. The van der Waals surface area contributed by atoms with Crippen molar-refractivity contribution in [2.75, 3.05) is 6.61 Å². The van der Waals surface area contributed by atoms with Crippen molar-refractivity contribution in [3.8, 4) is 5.75 Å². The third kappa shape index (κ3) is 3.14. The van der Waals surface area contributed by atoms with Gasteiger partial charge in [-0.1, -0.05) is 31.2 Å². The minimum atomic E-state index is 0.384. The van der Waals surface area contributed by atoms with E-state index in [1.807, 2.05) is 11.3 Å². The number of ether oxygens (including phenoxy) is 1. The number of thiophene rings is 1. The summed E-state index contributed by atoms with van der Waals surface area (Å²) in [6, 6.07) is 11.7. The number of aryl methyl sites for hydroxylation is 1. The van der Waals surface area contributed by atoms with Crippen LogP contribution < -0.4 is 10.1 Å². The van der Waals surface area contributed by atoms with Crippen molar-refractivity contribution in [2.45, 2.75) is 45.2 Å². The molecular formula is C18H23NOS. The third-order valence-corrected chi connectivity index (χ3v) is 5.18. The Morgan fingerprint density at radius 3 is 3.00 bits per heavy atom. The third-order valence-electron chi connectivity index (χ3n) is 4.20. The Bertz CT molecular complexity index is 579. The summed E-state index contributed by atoms with van der Waals surface area (Å²) in [5.41, 5.74) is 2.56. The van der Waals surface area contributed by atoms with Gasteiger partial charge in [-0.15, -0.1) is 11.3 Å². The van der Waals surface area contributed by atoms with E-state index >= 15 is 0 Å². The predicted molar refractivity (Wildman–Crippen MR) is 89.1 cm³/mol. The molecule has 2 unspecified atom stereocenters. The van der Waals surface area contributed by atoms with Gasteiger partial charge in [0, 0.05) is 22.5 Å². The molecule has 112 valence electrons. The molecule has 2 nitrogen and oxygen atoms in total. The van der Waals surface area contributed by atoms with Gasteiger partial charge in [-0.3, -0.25) is 0 Å². The van der Waals surface area contributed by atoms with Crippen molar-refractivity contribution in [1.29, 1.82) is 0 Å². The molecule has 1 N–H and O–H groups in total. The van der Waals surface area contributed by atoms with Crippen LogP contribution in [0, 0.1) is 6.92 Å². The fourth-order valence-electron chi connectivity index (χ4n) is 3.07. The fraction of sp³-hybridized carbons (Fsp3) is 0.444. The van der Waals surface area contributed by atoms with Gasteiger partial charge >= 0.3 is 0 Å². The maximum absolute atomic E-state index is 5.98. The molecule has 0 amide bonds. The molecule has 2 aromatic rings. The van der Waals surface area contributed by atoms with Gasteiger partial charge in [0.25, 0.3) is 0 Å². The second kappa shape index (κ2) is 6.63. The minimum absolute atomic E-state index is 0.384. The van der Waals surface area contributed by atoms with Gasteiger partial charge in [0.05, 0.1) is 6.61 Å². The highest BCUT2D eigenvalue weighted by atomic mass is 32.1. The van der Waals surface area contributed by atoms with Crippen LogP contribution in [0.4, 0.5) is 0 Å². The lowest BCUT2D eigenvalue weighted by Crippen LogP contribution is -2.25. The Morgan fingerprint density at radius 1 is 1.33 bits per heavy atom. The Labute approximate surface area is 131 Å². The second-order valence-corrected chi connectivity index (χ2v) is 6.66. The summed E-state index contributed by atoms with van der Waals surface area (Å²) in [5.74, 6) is 1.09. The molecule has 21 heavy (non-hydrogen) atoms.